The van der Waals surface area contributed by atoms with Gasteiger partial charge >= 0.3 is 6.18 Å². The molecule has 0 fully saturated rings. The summed E-state index contributed by atoms with van der Waals surface area (Å²) in [5.41, 5.74) is 0. The molecule has 1 atom stereocenters. The molecule has 1 unspecified atom stereocenters. The minimum atomic E-state index is -4.17. The normalized spacial score (nSPS) is 14.9. The summed E-state index contributed by atoms with van der Waals surface area (Å²) in [5.74, 6) is -0.106. The summed E-state index contributed by atoms with van der Waals surface area (Å²) in [7, 11) is -3.16. The Hall–Kier alpha value is -0.300. The first-order valence-corrected chi connectivity index (χ1v) is 7.68. The van der Waals surface area contributed by atoms with Crippen LogP contribution in [-0.4, -0.2) is 39.2 Å². The van der Waals surface area contributed by atoms with Crippen molar-refractivity contribution in [2.75, 3.05) is 18.6 Å². The minimum Gasteiger partial charge on any atom is -0.313 e. The molecular formula is C10H20F3NO2S. The van der Waals surface area contributed by atoms with Gasteiger partial charge in [0, 0.05) is 18.7 Å². The van der Waals surface area contributed by atoms with Crippen LogP contribution in [0.25, 0.3) is 0 Å². The van der Waals surface area contributed by atoms with E-state index >= 15 is 0 Å². The standard InChI is InChI=1S/C10H20F3NO2S/c1-3-7-14-9(8-17(2,15)16)5-4-6-10(11,12)13/h9,14H,3-8H2,1-2H3. The number of hydrogen-bond acceptors (Lipinski definition) is 3. The summed E-state index contributed by atoms with van der Waals surface area (Å²) in [6, 6.07) is -0.382. The molecule has 0 heterocycles. The van der Waals surface area contributed by atoms with Crippen LogP contribution in [0.15, 0.2) is 0 Å². The highest BCUT2D eigenvalue weighted by molar-refractivity contribution is 7.90. The summed E-state index contributed by atoms with van der Waals surface area (Å²) in [6.45, 7) is 2.53. The van der Waals surface area contributed by atoms with Crippen LogP contribution in [-0.2, 0) is 9.84 Å². The Balaban J connectivity index is 4.11. The lowest BCUT2D eigenvalue weighted by atomic mass is 10.1. The summed E-state index contributed by atoms with van der Waals surface area (Å²) in [5, 5.41) is 2.97. The maximum Gasteiger partial charge on any atom is 0.389 e. The largest absolute Gasteiger partial charge is 0.389 e. The average molecular weight is 275 g/mol. The third-order valence-electron chi connectivity index (χ3n) is 2.20. The molecule has 0 aromatic carbocycles. The average Bonchev–Trinajstić information content (AvgIpc) is 2.09. The van der Waals surface area contributed by atoms with Crippen molar-refractivity contribution in [3.8, 4) is 0 Å². The molecule has 0 radical (unpaired) electrons. The van der Waals surface area contributed by atoms with E-state index in [0.29, 0.717) is 6.54 Å². The van der Waals surface area contributed by atoms with Crippen LogP contribution in [0, 0.1) is 0 Å². The minimum absolute atomic E-state index is 0.0413. The van der Waals surface area contributed by atoms with Crippen molar-refractivity contribution in [1.82, 2.24) is 5.32 Å². The molecule has 104 valence electrons. The van der Waals surface area contributed by atoms with Crippen LogP contribution in [0.4, 0.5) is 13.2 Å². The van der Waals surface area contributed by atoms with Crippen molar-refractivity contribution in [2.45, 2.75) is 44.8 Å². The first-order chi connectivity index (χ1) is 7.64. The Morgan fingerprint density at radius 3 is 2.29 bits per heavy atom. The predicted molar refractivity (Wildman–Crippen MR) is 61.7 cm³/mol. The van der Waals surface area contributed by atoms with Crippen molar-refractivity contribution in [3.05, 3.63) is 0 Å². The number of sulfone groups is 1. The van der Waals surface area contributed by atoms with Gasteiger partial charge in [-0.1, -0.05) is 6.92 Å². The molecule has 0 saturated heterocycles. The van der Waals surface area contributed by atoms with Gasteiger partial charge in [0.25, 0.3) is 0 Å². The van der Waals surface area contributed by atoms with Gasteiger partial charge in [-0.15, -0.1) is 0 Å². The third kappa shape index (κ3) is 12.0. The molecule has 1 N–H and O–H groups in total. The number of hydrogen-bond donors (Lipinski definition) is 1. The van der Waals surface area contributed by atoms with E-state index in [9.17, 15) is 21.6 Å². The molecule has 0 aliphatic carbocycles. The molecule has 0 rings (SSSR count). The second kappa shape index (κ2) is 7.20. The van der Waals surface area contributed by atoms with Crippen LogP contribution < -0.4 is 5.32 Å². The molecule has 0 aromatic rings. The van der Waals surface area contributed by atoms with E-state index in [0.717, 1.165) is 12.7 Å². The van der Waals surface area contributed by atoms with Gasteiger partial charge in [-0.05, 0) is 25.8 Å². The molecular weight excluding hydrogens is 255 g/mol. The summed E-state index contributed by atoms with van der Waals surface area (Å²) in [6.07, 6.45) is -2.93. The van der Waals surface area contributed by atoms with Gasteiger partial charge in [0.05, 0.1) is 5.75 Å². The van der Waals surface area contributed by atoms with Gasteiger partial charge in [-0.25, -0.2) is 8.42 Å². The molecule has 0 aliphatic rings. The zero-order valence-corrected chi connectivity index (χ0v) is 11.0. The number of rotatable bonds is 8. The van der Waals surface area contributed by atoms with Crippen molar-refractivity contribution >= 4 is 9.84 Å². The quantitative estimate of drug-likeness (QED) is 0.738. The van der Waals surface area contributed by atoms with Gasteiger partial charge in [0.1, 0.15) is 9.84 Å². The molecule has 0 aromatic heterocycles. The molecule has 3 nitrogen and oxygen atoms in total. The third-order valence-corrected chi connectivity index (χ3v) is 3.21. The lowest BCUT2D eigenvalue weighted by Crippen LogP contribution is -2.36. The monoisotopic (exact) mass is 275 g/mol. The Kier molecular flexibility index (Phi) is 7.08. The van der Waals surface area contributed by atoms with E-state index < -0.39 is 22.4 Å². The zero-order chi connectivity index (χ0) is 13.5. The van der Waals surface area contributed by atoms with Gasteiger partial charge < -0.3 is 5.32 Å². The highest BCUT2D eigenvalue weighted by Gasteiger charge is 2.27. The highest BCUT2D eigenvalue weighted by Crippen LogP contribution is 2.22. The summed E-state index contributed by atoms with van der Waals surface area (Å²) in [4.78, 5) is 0. The van der Waals surface area contributed by atoms with E-state index in [1.54, 1.807) is 0 Å². The van der Waals surface area contributed by atoms with E-state index in [1.807, 2.05) is 6.92 Å². The Morgan fingerprint density at radius 1 is 1.29 bits per heavy atom. The maximum absolute atomic E-state index is 12.0. The molecule has 0 aliphatic heterocycles. The van der Waals surface area contributed by atoms with Gasteiger partial charge in [-0.2, -0.15) is 13.2 Å². The molecule has 7 heteroatoms. The molecule has 17 heavy (non-hydrogen) atoms. The second-order valence-corrected chi connectivity index (χ2v) is 6.44. The Labute approximate surface area is 101 Å². The van der Waals surface area contributed by atoms with Crippen molar-refractivity contribution < 1.29 is 21.6 Å². The van der Waals surface area contributed by atoms with Crippen LogP contribution in [0.1, 0.15) is 32.6 Å². The topological polar surface area (TPSA) is 46.2 Å². The number of alkyl halides is 3. The van der Waals surface area contributed by atoms with Crippen molar-refractivity contribution in [3.63, 3.8) is 0 Å². The summed E-state index contributed by atoms with van der Waals surface area (Å²) >= 11 is 0. The fraction of sp³-hybridized carbons (Fsp3) is 1.00. The molecule has 0 bridgehead atoms. The predicted octanol–water partition coefficient (Wildman–Crippen LogP) is 2.13. The Morgan fingerprint density at radius 2 is 1.88 bits per heavy atom. The van der Waals surface area contributed by atoms with Gasteiger partial charge in [0.15, 0.2) is 0 Å². The van der Waals surface area contributed by atoms with Crippen LogP contribution in [0.3, 0.4) is 0 Å². The molecule has 0 spiro atoms. The van der Waals surface area contributed by atoms with Crippen molar-refractivity contribution in [2.24, 2.45) is 0 Å². The van der Waals surface area contributed by atoms with E-state index in [1.165, 1.54) is 0 Å². The van der Waals surface area contributed by atoms with Gasteiger partial charge in [0.2, 0.25) is 0 Å². The lowest BCUT2D eigenvalue weighted by Gasteiger charge is -2.17. The van der Waals surface area contributed by atoms with Crippen LogP contribution in [0.5, 0.6) is 0 Å². The number of nitrogens with one attached hydrogen (secondary N) is 1. The summed E-state index contributed by atoms with van der Waals surface area (Å²) < 4.78 is 58.1. The SMILES string of the molecule is CCCNC(CCCC(F)(F)F)CS(C)(=O)=O. The first kappa shape index (κ1) is 16.7. The second-order valence-electron chi connectivity index (χ2n) is 4.25. The van der Waals surface area contributed by atoms with E-state index in [4.69, 9.17) is 0 Å². The Bertz CT molecular complexity index is 301. The molecule has 0 saturated carbocycles. The fourth-order valence-electron chi connectivity index (χ4n) is 1.51. The molecule has 0 amide bonds. The first-order valence-electron chi connectivity index (χ1n) is 5.62. The van der Waals surface area contributed by atoms with Crippen LogP contribution in [0.2, 0.25) is 0 Å². The highest BCUT2D eigenvalue weighted by atomic mass is 32.2. The lowest BCUT2D eigenvalue weighted by molar-refractivity contribution is -0.135. The van der Waals surface area contributed by atoms with Crippen LogP contribution >= 0.6 is 0 Å². The zero-order valence-electron chi connectivity index (χ0n) is 10.2. The fourth-order valence-corrected chi connectivity index (χ4v) is 2.52. The smallest absolute Gasteiger partial charge is 0.313 e. The van der Waals surface area contributed by atoms with E-state index in [2.05, 4.69) is 5.32 Å². The van der Waals surface area contributed by atoms with Crippen molar-refractivity contribution in [1.29, 1.82) is 0 Å². The van der Waals surface area contributed by atoms with E-state index in [-0.39, 0.29) is 24.6 Å². The number of halogens is 3. The maximum atomic E-state index is 12.0. The van der Waals surface area contributed by atoms with Gasteiger partial charge in [-0.3, -0.25) is 0 Å².